The Kier molecular flexibility index (Phi) is 19.5. The van der Waals surface area contributed by atoms with E-state index in [0.29, 0.717) is 48.7 Å². The van der Waals surface area contributed by atoms with Crippen molar-refractivity contribution in [3.8, 4) is 0 Å². The number of nitrogens with zero attached hydrogens (tertiary/aromatic N) is 4. The summed E-state index contributed by atoms with van der Waals surface area (Å²) >= 11 is 0. The number of amides is 5. The van der Waals surface area contributed by atoms with Crippen LogP contribution in [-0.2, 0) is 25.7 Å². The fourth-order valence-electron chi connectivity index (χ4n) is 6.65. The van der Waals surface area contributed by atoms with Gasteiger partial charge in [-0.1, -0.05) is 81.0 Å². The van der Waals surface area contributed by atoms with Crippen LogP contribution in [0.1, 0.15) is 106 Å². The molecule has 13 heteroatoms. The molecular formula is C44H61N7O6. The van der Waals surface area contributed by atoms with Gasteiger partial charge in [0.2, 0.25) is 17.7 Å². The van der Waals surface area contributed by atoms with Crippen molar-refractivity contribution in [3.05, 3.63) is 84.1 Å². The summed E-state index contributed by atoms with van der Waals surface area (Å²) in [6.07, 6.45) is 13.6. The molecule has 0 saturated carbocycles. The van der Waals surface area contributed by atoms with Gasteiger partial charge in [0.15, 0.2) is 5.82 Å². The number of fused-ring (bicyclic) bond motifs is 2. The lowest BCUT2D eigenvalue weighted by molar-refractivity contribution is -0.130. The molecule has 0 saturated heterocycles. The molecule has 2 aromatic carbocycles. The van der Waals surface area contributed by atoms with Crippen molar-refractivity contribution in [1.29, 1.82) is 0 Å². The zero-order chi connectivity index (χ0) is 40.7. The van der Waals surface area contributed by atoms with Gasteiger partial charge in [0.1, 0.15) is 6.61 Å². The number of para-hydroxylation sites is 1. The van der Waals surface area contributed by atoms with E-state index in [0.717, 1.165) is 95.7 Å². The lowest BCUT2D eigenvalue weighted by atomic mass is 10.1. The average molecular weight is 784 g/mol. The lowest BCUT2D eigenvalue weighted by Crippen LogP contribution is -2.36. The normalized spacial score (nSPS) is 11.8. The minimum atomic E-state index is -0.420. The summed E-state index contributed by atoms with van der Waals surface area (Å²) in [6, 6.07) is 20.0. The predicted octanol–water partition coefficient (Wildman–Crippen LogP) is 7.21. The standard InChI is InChI=1S/C44H61N7O6/c1-49(31-18-5-3-4-6-19-32-50(2)40(53)27-13-9-17-29-47-44(56)57-34-35-21-10-7-11-22-35)39(52)26-12-8-16-28-45-33-41(54)51-38-25-15-14-23-36(38)43(55)48-37-24-20-30-46-42(37)51/h7,10-11,14-15,20-25,30,45H,3-6,8-9,12-13,16-19,26-29,31-34H2,1-2H3,(H,47,56)(H,48,55). The number of ether oxygens (including phenoxy) is 1. The van der Waals surface area contributed by atoms with E-state index < -0.39 is 6.09 Å². The summed E-state index contributed by atoms with van der Waals surface area (Å²) < 4.78 is 5.21. The third kappa shape index (κ3) is 15.6. The number of carbonyl (C=O) groups excluding carboxylic acids is 5. The van der Waals surface area contributed by atoms with E-state index in [9.17, 15) is 24.0 Å². The SMILES string of the molecule is CN(CCCCCCCCN(C)C(=O)CCCCCNC(=O)OCc1ccccc1)C(=O)CCCCCNCC(=O)N1c2ccccc2C(=O)Nc2cccnc21. The molecule has 2 heterocycles. The average Bonchev–Trinajstić information content (AvgIpc) is 3.35. The number of benzene rings is 2. The Morgan fingerprint density at radius 3 is 1.98 bits per heavy atom. The zero-order valence-corrected chi connectivity index (χ0v) is 33.8. The van der Waals surface area contributed by atoms with E-state index in [4.69, 9.17) is 4.74 Å². The summed E-state index contributed by atoms with van der Waals surface area (Å²) in [4.78, 5) is 72.6. The van der Waals surface area contributed by atoms with Crippen molar-refractivity contribution in [2.45, 2.75) is 96.5 Å². The molecule has 3 N–H and O–H groups in total. The molecule has 1 aliphatic rings. The van der Waals surface area contributed by atoms with Gasteiger partial charge in [-0.25, -0.2) is 9.78 Å². The number of anilines is 3. The highest BCUT2D eigenvalue weighted by molar-refractivity contribution is 6.17. The number of nitrogens with one attached hydrogen (secondary N) is 3. The summed E-state index contributed by atoms with van der Waals surface area (Å²) in [5, 5.41) is 8.83. The van der Waals surface area contributed by atoms with Gasteiger partial charge < -0.3 is 30.5 Å². The fourth-order valence-corrected chi connectivity index (χ4v) is 6.65. The second-order valence-electron chi connectivity index (χ2n) is 14.6. The first-order chi connectivity index (χ1) is 27.7. The molecule has 57 heavy (non-hydrogen) atoms. The molecule has 0 aliphatic carbocycles. The van der Waals surface area contributed by atoms with Gasteiger partial charge in [0.05, 0.1) is 23.5 Å². The van der Waals surface area contributed by atoms with Gasteiger partial charge in [-0.2, -0.15) is 0 Å². The Bertz CT molecular complexity index is 1720. The molecule has 0 atom stereocenters. The van der Waals surface area contributed by atoms with Crippen LogP contribution in [0.4, 0.5) is 22.0 Å². The fraction of sp³-hybridized carbons (Fsp3) is 0.500. The first-order valence-corrected chi connectivity index (χ1v) is 20.6. The minimum absolute atomic E-state index is 0.0931. The molecule has 1 aliphatic heterocycles. The number of rotatable bonds is 25. The molecule has 5 amide bonds. The number of aromatic nitrogens is 1. The molecule has 0 spiro atoms. The van der Waals surface area contributed by atoms with Gasteiger partial charge in [0, 0.05) is 52.8 Å². The van der Waals surface area contributed by atoms with Crippen molar-refractivity contribution < 1.29 is 28.7 Å². The largest absolute Gasteiger partial charge is 0.445 e. The maximum atomic E-state index is 13.4. The summed E-state index contributed by atoms with van der Waals surface area (Å²) in [5.74, 6) is 0.236. The van der Waals surface area contributed by atoms with Crippen LogP contribution in [-0.4, -0.2) is 91.3 Å². The third-order valence-electron chi connectivity index (χ3n) is 10.0. The molecule has 0 unspecified atom stereocenters. The molecule has 13 nitrogen and oxygen atoms in total. The minimum Gasteiger partial charge on any atom is -0.445 e. The number of hydrogen-bond acceptors (Lipinski definition) is 8. The van der Waals surface area contributed by atoms with Gasteiger partial charge in [-0.05, 0) is 74.9 Å². The maximum Gasteiger partial charge on any atom is 0.407 e. The molecule has 0 fully saturated rings. The van der Waals surface area contributed by atoms with Gasteiger partial charge in [-0.3, -0.25) is 24.1 Å². The topological polar surface area (TPSA) is 153 Å². The van der Waals surface area contributed by atoms with Crippen molar-refractivity contribution in [1.82, 2.24) is 25.4 Å². The van der Waals surface area contributed by atoms with Crippen molar-refractivity contribution in [2.75, 3.05) is 57.0 Å². The van der Waals surface area contributed by atoms with Crippen LogP contribution in [0.5, 0.6) is 0 Å². The maximum absolute atomic E-state index is 13.4. The Morgan fingerprint density at radius 2 is 1.30 bits per heavy atom. The molecule has 1 aromatic heterocycles. The van der Waals surface area contributed by atoms with Gasteiger partial charge >= 0.3 is 6.09 Å². The van der Waals surface area contributed by atoms with Crippen molar-refractivity contribution in [3.63, 3.8) is 0 Å². The number of carbonyl (C=O) groups is 5. The van der Waals surface area contributed by atoms with Crippen LogP contribution in [0, 0.1) is 0 Å². The van der Waals surface area contributed by atoms with Crippen LogP contribution >= 0.6 is 0 Å². The van der Waals surface area contributed by atoms with E-state index >= 15 is 0 Å². The first-order valence-electron chi connectivity index (χ1n) is 20.6. The van der Waals surface area contributed by atoms with E-state index in [-0.39, 0.29) is 36.8 Å². The smallest absolute Gasteiger partial charge is 0.407 e. The third-order valence-corrected chi connectivity index (χ3v) is 10.0. The number of alkyl carbamates (subject to hydrolysis) is 1. The highest BCUT2D eigenvalue weighted by atomic mass is 16.5. The Labute approximate surface area is 337 Å². The monoisotopic (exact) mass is 783 g/mol. The van der Waals surface area contributed by atoms with Crippen LogP contribution < -0.4 is 20.9 Å². The van der Waals surface area contributed by atoms with Crippen molar-refractivity contribution in [2.24, 2.45) is 0 Å². The Balaban J connectivity index is 0.942. The Morgan fingerprint density at radius 1 is 0.702 bits per heavy atom. The first kappa shape index (κ1) is 44.4. The lowest BCUT2D eigenvalue weighted by Gasteiger charge is -2.23. The van der Waals surface area contributed by atoms with Crippen LogP contribution in [0.15, 0.2) is 72.9 Å². The van der Waals surface area contributed by atoms with Crippen LogP contribution in [0.25, 0.3) is 0 Å². The Hall–Kier alpha value is -5.30. The van der Waals surface area contributed by atoms with Gasteiger partial charge in [-0.15, -0.1) is 0 Å². The molecule has 0 radical (unpaired) electrons. The van der Waals surface area contributed by atoms with E-state index in [1.54, 1.807) is 42.6 Å². The van der Waals surface area contributed by atoms with Crippen LogP contribution in [0.3, 0.4) is 0 Å². The highest BCUT2D eigenvalue weighted by Crippen LogP contribution is 2.36. The second-order valence-corrected chi connectivity index (χ2v) is 14.6. The number of pyridine rings is 1. The molecule has 4 rings (SSSR count). The summed E-state index contributed by atoms with van der Waals surface area (Å²) in [6.45, 7) is 3.04. The molecule has 3 aromatic rings. The van der Waals surface area contributed by atoms with E-state index in [1.807, 2.05) is 54.2 Å². The second kappa shape index (κ2) is 25.1. The molecule has 0 bridgehead atoms. The summed E-state index contributed by atoms with van der Waals surface area (Å²) in [5.41, 5.74) is 2.35. The van der Waals surface area contributed by atoms with E-state index in [2.05, 4.69) is 20.9 Å². The molecular weight excluding hydrogens is 723 g/mol. The quantitative estimate of drug-likeness (QED) is 0.0763. The highest BCUT2D eigenvalue weighted by Gasteiger charge is 2.29. The number of unbranched alkanes of at least 4 members (excludes halogenated alkanes) is 9. The number of hydrogen-bond donors (Lipinski definition) is 3. The van der Waals surface area contributed by atoms with Crippen LogP contribution in [0.2, 0.25) is 0 Å². The van der Waals surface area contributed by atoms with Crippen molar-refractivity contribution >= 4 is 46.9 Å². The van der Waals surface area contributed by atoms with E-state index in [1.165, 1.54) is 4.90 Å². The summed E-state index contributed by atoms with van der Waals surface area (Å²) in [7, 11) is 3.75. The predicted molar refractivity (Wildman–Crippen MR) is 223 cm³/mol. The molecule has 308 valence electrons. The van der Waals surface area contributed by atoms with Gasteiger partial charge in [0.25, 0.3) is 5.91 Å². The zero-order valence-electron chi connectivity index (χ0n) is 33.8.